The van der Waals surface area contributed by atoms with Gasteiger partial charge in [0.25, 0.3) is 0 Å². The number of carbonyl (C=O) groups is 1. The molecule has 2 heterocycles. The van der Waals surface area contributed by atoms with Crippen molar-refractivity contribution in [3.8, 4) is 0 Å². The van der Waals surface area contributed by atoms with Crippen LogP contribution < -0.4 is 0 Å². The molecule has 1 N–H and O–H groups in total. The van der Waals surface area contributed by atoms with Crippen molar-refractivity contribution in [2.45, 2.75) is 45.4 Å². The quantitative estimate of drug-likeness (QED) is 0.849. The van der Waals surface area contributed by atoms with Gasteiger partial charge in [-0.15, -0.1) is 11.3 Å². The van der Waals surface area contributed by atoms with Gasteiger partial charge in [0.15, 0.2) is 0 Å². The molecule has 1 aliphatic heterocycles. The standard InChI is InChI=1S/C16H24N2O2S/c1-16(2,3)15-12(6-7-14(19)20)21-13(17-15)8-11-18-9-4-5-10-18/h6-7H,4-5,8-11H2,1-3H3,(H,19,20)/b7-6+. The lowest BCUT2D eigenvalue weighted by molar-refractivity contribution is -0.131. The molecule has 0 unspecified atom stereocenters. The Bertz CT molecular complexity index is 523. The van der Waals surface area contributed by atoms with Crippen LogP contribution in [0.15, 0.2) is 6.08 Å². The van der Waals surface area contributed by atoms with Crippen LogP contribution in [-0.4, -0.2) is 40.6 Å². The fourth-order valence-electron chi connectivity index (χ4n) is 2.54. The average molecular weight is 308 g/mol. The molecule has 0 atom stereocenters. The Labute approximate surface area is 130 Å². The summed E-state index contributed by atoms with van der Waals surface area (Å²) in [4.78, 5) is 18.9. The first kappa shape index (κ1) is 16.2. The molecule has 1 saturated heterocycles. The Morgan fingerprint density at radius 2 is 2.05 bits per heavy atom. The molecule has 116 valence electrons. The zero-order valence-corrected chi connectivity index (χ0v) is 13.9. The van der Waals surface area contributed by atoms with Gasteiger partial charge >= 0.3 is 5.97 Å². The lowest BCUT2D eigenvalue weighted by Crippen LogP contribution is -2.22. The summed E-state index contributed by atoms with van der Waals surface area (Å²) in [6.45, 7) is 9.80. The molecular weight excluding hydrogens is 284 g/mol. The maximum Gasteiger partial charge on any atom is 0.328 e. The maximum atomic E-state index is 10.7. The highest BCUT2D eigenvalue weighted by molar-refractivity contribution is 7.12. The number of likely N-dealkylation sites (tertiary alicyclic amines) is 1. The van der Waals surface area contributed by atoms with Crippen LogP contribution >= 0.6 is 11.3 Å². The van der Waals surface area contributed by atoms with E-state index in [-0.39, 0.29) is 5.41 Å². The second-order valence-corrected chi connectivity index (χ2v) is 7.66. The third kappa shape index (κ3) is 4.64. The van der Waals surface area contributed by atoms with Gasteiger partial charge in [-0.2, -0.15) is 0 Å². The van der Waals surface area contributed by atoms with E-state index in [1.165, 1.54) is 32.0 Å². The number of hydrogen-bond donors (Lipinski definition) is 1. The van der Waals surface area contributed by atoms with E-state index < -0.39 is 5.97 Å². The average Bonchev–Trinajstić information content (AvgIpc) is 3.02. The predicted molar refractivity (Wildman–Crippen MR) is 86.9 cm³/mol. The Morgan fingerprint density at radius 3 is 2.62 bits per heavy atom. The van der Waals surface area contributed by atoms with Crippen LogP contribution in [0.1, 0.15) is 49.2 Å². The van der Waals surface area contributed by atoms with Crippen molar-refractivity contribution in [1.82, 2.24) is 9.88 Å². The zero-order valence-electron chi connectivity index (χ0n) is 13.1. The summed E-state index contributed by atoms with van der Waals surface area (Å²) in [6.07, 6.45) is 6.44. The molecule has 0 amide bonds. The summed E-state index contributed by atoms with van der Waals surface area (Å²) in [5.41, 5.74) is 0.932. The van der Waals surface area contributed by atoms with Crippen molar-refractivity contribution in [3.63, 3.8) is 0 Å². The van der Waals surface area contributed by atoms with Gasteiger partial charge in [-0.1, -0.05) is 20.8 Å². The highest BCUT2D eigenvalue weighted by Crippen LogP contribution is 2.31. The topological polar surface area (TPSA) is 53.4 Å². The van der Waals surface area contributed by atoms with Gasteiger partial charge in [0.1, 0.15) is 0 Å². The largest absolute Gasteiger partial charge is 0.478 e. The molecule has 0 aliphatic carbocycles. The second-order valence-electron chi connectivity index (χ2n) is 6.54. The van der Waals surface area contributed by atoms with Crippen LogP contribution in [-0.2, 0) is 16.6 Å². The van der Waals surface area contributed by atoms with Crippen molar-refractivity contribution in [1.29, 1.82) is 0 Å². The third-order valence-corrected chi connectivity index (χ3v) is 4.71. The second kappa shape index (κ2) is 6.71. The van der Waals surface area contributed by atoms with Gasteiger partial charge in [0, 0.05) is 24.5 Å². The molecule has 1 aromatic rings. The summed E-state index contributed by atoms with van der Waals surface area (Å²) in [7, 11) is 0. The lowest BCUT2D eigenvalue weighted by atomic mass is 9.91. The van der Waals surface area contributed by atoms with Crippen LogP contribution in [0.4, 0.5) is 0 Å². The molecule has 5 heteroatoms. The zero-order chi connectivity index (χ0) is 15.5. The van der Waals surface area contributed by atoms with E-state index >= 15 is 0 Å². The van der Waals surface area contributed by atoms with Crippen molar-refractivity contribution in [2.24, 2.45) is 0 Å². The molecule has 21 heavy (non-hydrogen) atoms. The Kier molecular flexibility index (Phi) is 5.17. The number of carboxylic acids is 1. The highest BCUT2D eigenvalue weighted by Gasteiger charge is 2.22. The number of aromatic nitrogens is 1. The van der Waals surface area contributed by atoms with Crippen molar-refractivity contribution >= 4 is 23.4 Å². The number of rotatable bonds is 5. The lowest BCUT2D eigenvalue weighted by Gasteiger charge is -2.16. The summed E-state index contributed by atoms with van der Waals surface area (Å²) < 4.78 is 0. The number of nitrogens with zero attached hydrogens (tertiary/aromatic N) is 2. The molecule has 4 nitrogen and oxygen atoms in total. The van der Waals surface area contributed by atoms with E-state index in [2.05, 4.69) is 25.7 Å². The minimum Gasteiger partial charge on any atom is -0.478 e. The normalized spacial score (nSPS) is 16.9. The number of thiazole rings is 1. The molecule has 2 rings (SSSR count). The van der Waals surface area contributed by atoms with E-state index in [0.717, 1.165) is 28.5 Å². The van der Waals surface area contributed by atoms with Gasteiger partial charge in [0.05, 0.1) is 15.6 Å². The fourth-order valence-corrected chi connectivity index (χ4v) is 3.71. The van der Waals surface area contributed by atoms with Crippen LogP contribution in [0.5, 0.6) is 0 Å². The summed E-state index contributed by atoms with van der Waals surface area (Å²) in [6, 6.07) is 0. The van der Waals surface area contributed by atoms with Crippen LogP contribution in [0, 0.1) is 0 Å². The van der Waals surface area contributed by atoms with Crippen molar-refractivity contribution in [3.05, 3.63) is 21.7 Å². The van der Waals surface area contributed by atoms with Gasteiger partial charge in [0.2, 0.25) is 0 Å². The van der Waals surface area contributed by atoms with E-state index in [9.17, 15) is 4.79 Å². The molecular formula is C16H24N2O2S. The van der Waals surface area contributed by atoms with Gasteiger partial charge in [-0.3, -0.25) is 0 Å². The fraction of sp³-hybridized carbons (Fsp3) is 0.625. The minimum atomic E-state index is -0.915. The number of aliphatic carboxylic acids is 1. The van der Waals surface area contributed by atoms with Crippen LogP contribution in [0.3, 0.4) is 0 Å². The first-order valence-corrected chi connectivity index (χ1v) is 8.31. The van der Waals surface area contributed by atoms with E-state index in [0.29, 0.717) is 0 Å². The maximum absolute atomic E-state index is 10.7. The smallest absolute Gasteiger partial charge is 0.328 e. The molecule has 1 aliphatic rings. The molecule has 0 aromatic carbocycles. The van der Waals surface area contributed by atoms with Crippen molar-refractivity contribution < 1.29 is 9.90 Å². The Balaban J connectivity index is 2.13. The molecule has 0 radical (unpaired) electrons. The Morgan fingerprint density at radius 1 is 1.38 bits per heavy atom. The summed E-state index contributed by atoms with van der Waals surface area (Å²) >= 11 is 1.62. The van der Waals surface area contributed by atoms with Crippen LogP contribution in [0.25, 0.3) is 6.08 Å². The number of hydrogen-bond acceptors (Lipinski definition) is 4. The highest BCUT2D eigenvalue weighted by atomic mass is 32.1. The van der Waals surface area contributed by atoms with Crippen LogP contribution in [0.2, 0.25) is 0 Å². The monoisotopic (exact) mass is 308 g/mol. The molecule has 1 fully saturated rings. The predicted octanol–water partition coefficient (Wildman–Crippen LogP) is 3.18. The Hall–Kier alpha value is -1.20. The summed E-state index contributed by atoms with van der Waals surface area (Å²) in [5.74, 6) is -0.915. The SMILES string of the molecule is CC(C)(C)c1nc(CCN2CCCC2)sc1/C=C/C(=O)O. The van der Waals surface area contributed by atoms with Gasteiger partial charge in [-0.25, -0.2) is 9.78 Å². The third-order valence-electron chi connectivity index (χ3n) is 3.63. The van der Waals surface area contributed by atoms with Crippen molar-refractivity contribution in [2.75, 3.05) is 19.6 Å². The first-order chi connectivity index (χ1) is 9.86. The van der Waals surface area contributed by atoms with E-state index in [1.54, 1.807) is 17.4 Å². The molecule has 0 spiro atoms. The van der Waals surface area contributed by atoms with Gasteiger partial charge in [-0.05, 0) is 32.0 Å². The number of carboxylic acid groups (broad SMARTS) is 1. The van der Waals surface area contributed by atoms with E-state index in [4.69, 9.17) is 10.1 Å². The van der Waals surface area contributed by atoms with Gasteiger partial charge < -0.3 is 10.0 Å². The first-order valence-electron chi connectivity index (χ1n) is 7.50. The summed E-state index contributed by atoms with van der Waals surface area (Å²) in [5, 5.41) is 9.92. The minimum absolute atomic E-state index is 0.0689. The molecule has 0 saturated carbocycles. The van der Waals surface area contributed by atoms with E-state index in [1.807, 2.05) is 0 Å². The molecule has 0 bridgehead atoms. The molecule has 1 aromatic heterocycles.